The van der Waals surface area contributed by atoms with Crippen molar-refractivity contribution in [3.8, 4) is 0 Å². The van der Waals surface area contributed by atoms with Crippen molar-refractivity contribution in [1.82, 2.24) is 0 Å². The zero-order valence-electron chi connectivity index (χ0n) is 10.4. The van der Waals surface area contributed by atoms with Gasteiger partial charge < -0.3 is 5.32 Å². The summed E-state index contributed by atoms with van der Waals surface area (Å²) < 4.78 is 13.7. The fourth-order valence-electron chi connectivity index (χ4n) is 1.94. The van der Waals surface area contributed by atoms with Crippen LogP contribution in [0.5, 0.6) is 0 Å². The van der Waals surface area contributed by atoms with Crippen LogP contribution < -0.4 is 5.32 Å². The lowest BCUT2D eigenvalue weighted by Gasteiger charge is -2.13. The van der Waals surface area contributed by atoms with Gasteiger partial charge in [-0.05, 0) is 64.7 Å². The molecule has 0 aliphatic carbocycles. The first-order valence-corrected chi connectivity index (χ1v) is 6.61. The molecule has 2 rings (SSSR count). The lowest BCUT2D eigenvalue weighted by atomic mass is 10.0. The van der Waals surface area contributed by atoms with E-state index in [2.05, 4.69) is 53.3 Å². The Hall–Kier alpha value is -1.35. The van der Waals surface area contributed by atoms with Gasteiger partial charge in [0, 0.05) is 16.7 Å². The molecule has 0 amide bonds. The van der Waals surface area contributed by atoms with Crippen molar-refractivity contribution >= 4 is 21.6 Å². The largest absolute Gasteiger partial charge is 0.380 e. The number of nitrogens with one attached hydrogen (secondary N) is 1. The Morgan fingerprint density at radius 1 is 1.11 bits per heavy atom. The minimum absolute atomic E-state index is 0.237. The van der Waals surface area contributed by atoms with Gasteiger partial charge in [-0.3, -0.25) is 0 Å². The van der Waals surface area contributed by atoms with Crippen LogP contribution >= 0.6 is 15.9 Å². The van der Waals surface area contributed by atoms with Crippen molar-refractivity contribution in [3.05, 3.63) is 63.4 Å². The first kappa shape index (κ1) is 13.1. The van der Waals surface area contributed by atoms with E-state index in [4.69, 9.17) is 0 Å². The maximum atomic E-state index is 13.0. The molecule has 2 aromatic carbocycles. The fourth-order valence-corrected chi connectivity index (χ4v) is 2.44. The van der Waals surface area contributed by atoms with Gasteiger partial charge in [0.15, 0.2) is 0 Å². The Bertz CT molecular complexity index is 546. The summed E-state index contributed by atoms with van der Waals surface area (Å²) in [4.78, 5) is 0. The quantitative estimate of drug-likeness (QED) is 0.857. The molecule has 0 spiro atoms. The summed E-state index contributed by atoms with van der Waals surface area (Å²) in [6.07, 6.45) is 0. The highest BCUT2D eigenvalue weighted by molar-refractivity contribution is 9.10. The topological polar surface area (TPSA) is 12.0 Å². The van der Waals surface area contributed by atoms with Crippen LogP contribution in [0, 0.1) is 19.7 Å². The number of hydrogen-bond acceptors (Lipinski definition) is 1. The first-order valence-electron chi connectivity index (χ1n) is 5.82. The van der Waals surface area contributed by atoms with Gasteiger partial charge in [-0.2, -0.15) is 0 Å². The van der Waals surface area contributed by atoms with Gasteiger partial charge in [-0.15, -0.1) is 0 Å². The Morgan fingerprint density at radius 3 is 2.39 bits per heavy atom. The van der Waals surface area contributed by atoms with Crippen molar-refractivity contribution < 1.29 is 4.39 Å². The van der Waals surface area contributed by atoms with Crippen LogP contribution in [0.4, 0.5) is 10.1 Å². The van der Waals surface area contributed by atoms with Gasteiger partial charge in [0.1, 0.15) is 5.82 Å². The molecule has 0 saturated carbocycles. The summed E-state index contributed by atoms with van der Waals surface area (Å²) in [5.74, 6) is -0.237. The van der Waals surface area contributed by atoms with Crippen molar-refractivity contribution in [1.29, 1.82) is 0 Å². The number of aryl methyl sites for hydroxylation is 2. The van der Waals surface area contributed by atoms with Gasteiger partial charge in [-0.1, -0.05) is 18.2 Å². The van der Waals surface area contributed by atoms with Crippen molar-refractivity contribution in [3.63, 3.8) is 0 Å². The molecule has 0 atom stereocenters. The second-order valence-electron chi connectivity index (χ2n) is 4.35. The minimum Gasteiger partial charge on any atom is -0.380 e. The lowest BCUT2D eigenvalue weighted by molar-refractivity contribution is 0.627. The average Bonchev–Trinajstić information content (AvgIpc) is 2.31. The molecule has 2 aromatic rings. The second-order valence-corrected chi connectivity index (χ2v) is 5.20. The Labute approximate surface area is 115 Å². The summed E-state index contributed by atoms with van der Waals surface area (Å²) >= 11 is 3.36. The van der Waals surface area contributed by atoms with Crippen LogP contribution in [0.2, 0.25) is 0 Å². The van der Waals surface area contributed by atoms with Crippen molar-refractivity contribution in [2.45, 2.75) is 20.4 Å². The van der Waals surface area contributed by atoms with E-state index < -0.39 is 0 Å². The van der Waals surface area contributed by atoms with E-state index >= 15 is 0 Å². The Kier molecular flexibility index (Phi) is 4.02. The number of hydrogen-bond donors (Lipinski definition) is 1. The van der Waals surface area contributed by atoms with Crippen LogP contribution in [0.1, 0.15) is 16.7 Å². The summed E-state index contributed by atoms with van der Waals surface area (Å²) in [7, 11) is 0. The molecular formula is C15H15BrFN. The zero-order chi connectivity index (χ0) is 13.1. The van der Waals surface area contributed by atoms with E-state index in [1.54, 1.807) is 6.07 Å². The van der Waals surface area contributed by atoms with Crippen LogP contribution in [-0.2, 0) is 6.54 Å². The van der Waals surface area contributed by atoms with Crippen LogP contribution in [0.15, 0.2) is 40.9 Å². The summed E-state index contributed by atoms with van der Waals surface area (Å²) in [5, 5.41) is 3.32. The first-order chi connectivity index (χ1) is 8.58. The third-order valence-corrected chi connectivity index (χ3v) is 3.69. The van der Waals surface area contributed by atoms with E-state index in [-0.39, 0.29) is 5.82 Å². The second kappa shape index (κ2) is 5.53. The van der Waals surface area contributed by atoms with E-state index in [9.17, 15) is 4.39 Å². The number of halogens is 2. The Morgan fingerprint density at radius 2 is 1.78 bits per heavy atom. The molecule has 0 aliphatic rings. The maximum absolute atomic E-state index is 13.0. The number of rotatable bonds is 3. The SMILES string of the molecule is Cc1cccc(C)c1CNc1ccc(F)cc1Br. The summed E-state index contributed by atoms with van der Waals surface area (Å²) in [6, 6.07) is 10.9. The standard InChI is InChI=1S/C15H15BrFN/c1-10-4-3-5-11(2)13(10)9-18-15-7-6-12(17)8-14(15)16/h3-8,18H,9H2,1-2H3. The summed E-state index contributed by atoms with van der Waals surface area (Å²) in [6.45, 7) is 4.94. The molecule has 0 fully saturated rings. The molecule has 0 saturated heterocycles. The van der Waals surface area contributed by atoms with Crippen LogP contribution in [0.25, 0.3) is 0 Å². The molecule has 0 aliphatic heterocycles. The third kappa shape index (κ3) is 2.91. The van der Waals surface area contributed by atoms with Gasteiger partial charge in [-0.25, -0.2) is 4.39 Å². The smallest absolute Gasteiger partial charge is 0.124 e. The maximum Gasteiger partial charge on any atom is 0.124 e. The zero-order valence-corrected chi connectivity index (χ0v) is 12.0. The van der Waals surface area contributed by atoms with Crippen LogP contribution in [0.3, 0.4) is 0 Å². The molecule has 0 heterocycles. The third-order valence-electron chi connectivity index (χ3n) is 3.03. The highest BCUT2D eigenvalue weighted by atomic mass is 79.9. The van der Waals surface area contributed by atoms with Gasteiger partial charge >= 0.3 is 0 Å². The fraction of sp³-hybridized carbons (Fsp3) is 0.200. The highest BCUT2D eigenvalue weighted by Crippen LogP contribution is 2.24. The lowest BCUT2D eigenvalue weighted by Crippen LogP contribution is -2.04. The predicted molar refractivity (Wildman–Crippen MR) is 77.3 cm³/mol. The predicted octanol–water partition coefficient (Wildman–Crippen LogP) is 4.82. The molecule has 1 N–H and O–H groups in total. The van der Waals surface area contributed by atoms with Gasteiger partial charge in [0.25, 0.3) is 0 Å². The highest BCUT2D eigenvalue weighted by Gasteiger charge is 2.04. The average molecular weight is 308 g/mol. The van der Waals surface area contributed by atoms with E-state index in [1.807, 2.05) is 0 Å². The van der Waals surface area contributed by atoms with Gasteiger partial charge in [0.2, 0.25) is 0 Å². The normalized spacial score (nSPS) is 10.4. The van der Waals surface area contributed by atoms with E-state index in [1.165, 1.54) is 28.8 Å². The Balaban J connectivity index is 2.16. The molecule has 0 radical (unpaired) electrons. The molecule has 0 bridgehead atoms. The van der Waals surface area contributed by atoms with Gasteiger partial charge in [0.05, 0.1) is 0 Å². The molecule has 0 aromatic heterocycles. The molecule has 18 heavy (non-hydrogen) atoms. The minimum atomic E-state index is -0.237. The van der Waals surface area contributed by atoms with E-state index in [0.29, 0.717) is 0 Å². The van der Waals surface area contributed by atoms with Crippen molar-refractivity contribution in [2.24, 2.45) is 0 Å². The molecule has 3 heteroatoms. The number of anilines is 1. The monoisotopic (exact) mass is 307 g/mol. The number of benzene rings is 2. The molecular weight excluding hydrogens is 293 g/mol. The summed E-state index contributed by atoms with van der Waals surface area (Å²) in [5.41, 5.74) is 4.72. The van der Waals surface area contributed by atoms with Crippen molar-refractivity contribution in [2.75, 3.05) is 5.32 Å². The van der Waals surface area contributed by atoms with E-state index in [0.717, 1.165) is 16.7 Å². The molecule has 0 unspecified atom stereocenters. The molecule has 94 valence electrons. The molecule has 1 nitrogen and oxygen atoms in total. The van der Waals surface area contributed by atoms with Crippen LogP contribution in [-0.4, -0.2) is 0 Å².